The van der Waals surface area contributed by atoms with E-state index in [9.17, 15) is 18.4 Å². The van der Waals surface area contributed by atoms with E-state index in [1.54, 1.807) is 22.7 Å². The van der Waals surface area contributed by atoms with Gasteiger partial charge in [-0.05, 0) is 31.0 Å². The molecule has 1 N–H and O–H groups in total. The van der Waals surface area contributed by atoms with Crippen LogP contribution in [0.3, 0.4) is 0 Å². The normalized spacial score (nSPS) is 14.2. The average Bonchev–Trinajstić information content (AvgIpc) is 3.44. The van der Waals surface area contributed by atoms with E-state index in [-0.39, 0.29) is 5.56 Å². The SMILES string of the molecule is [O-][n+]1ccn2c(-c3ccnc(NC4CC4)n3)c(-c3cccc(C(F)(F)F)c3)nc2c1. The molecular formula is C20H15F3N6O. The average molecular weight is 412 g/mol. The Morgan fingerprint density at radius 2 is 2.00 bits per heavy atom. The maximum absolute atomic E-state index is 13.2. The maximum atomic E-state index is 13.2. The minimum absolute atomic E-state index is 0.274. The number of alkyl halides is 3. The molecule has 4 aromatic rings. The highest BCUT2D eigenvalue weighted by atomic mass is 19.4. The summed E-state index contributed by atoms with van der Waals surface area (Å²) in [6.45, 7) is 0. The molecule has 1 fully saturated rings. The first-order chi connectivity index (χ1) is 14.4. The van der Waals surface area contributed by atoms with Crippen LogP contribution in [0.15, 0.2) is 55.1 Å². The van der Waals surface area contributed by atoms with Crippen LogP contribution in [0.25, 0.3) is 28.3 Å². The summed E-state index contributed by atoms with van der Waals surface area (Å²) < 4.78 is 42.0. The summed E-state index contributed by atoms with van der Waals surface area (Å²) in [5.74, 6) is 0.440. The highest BCUT2D eigenvalue weighted by Crippen LogP contribution is 2.36. The first-order valence-corrected chi connectivity index (χ1v) is 9.27. The molecule has 1 aromatic carbocycles. The first kappa shape index (κ1) is 18.3. The van der Waals surface area contributed by atoms with E-state index in [2.05, 4.69) is 20.3 Å². The number of hydrogen-bond acceptors (Lipinski definition) is 5. The van der Waals surface area contributed by atoms with Crippen LogP contribution in [0.5, 0.6) is 0 Å². The van der Waals surface area contributed by atoms with Crippen molar-refractivity contribution in [2.24, 2.45) is 0 Å². The molecule has 0 bridgehead atoms. The standard InChI is InChI=1S/C20H15F3N6O/c21-20(22,23)13-3-1-2-12(10-13)17-18(29-9-8-28(30)11-16(29)27-17)15-6-7-24-19(26-15)25-14-4-5-14/h1-3,6-11,14H,4-5H2,(H,24,25,26). The second kappa shape index (κ2) is 6.68. The van der Waals surface area contributed by atoms with Gasteiger partial charge in [0.25, 0.3) is 0 Å². The molecule has 0 unspecified atom stereocenters. The van der Waals surface area contributed by atoms with E-state index in [0.717, 1.165) is 25.0 Å². The summed E-state index contributed by atoms with van der Waals surface area (Å²) in [5.41, 5.74) is 1.05. The second-order valence-corrected chi connectivity index (χ2v) is 7.09. The Hall–Kier alpha value is -3.69. The molecule has 1 aliphatic rings. The molecule has 10 heteroatoms. The Morgan fingerprint density at radius 1 is 1.17 bits per heavy atom. The Labute approximate surface area is 168 Å². The number of halogens is 3. The van der Waals surface area contributed by atoms with Crippen LogP contribution in [0, 0.1) is 5.21 Å². The number of nitrogens with one attached hydrogen (secondary N) is 1. The van der Waals surface area contributed by atoms with Gasteiger partial charge in [-0.2, -0.15) is 17.9 Å². The molecule has 0 radical (unpaired) electrons. The van der Waals surface area contributed by atoms with Gasteiger partial charge in [-0.15, -0.1) is 0 Å². The van der Waals surface area contributed by atoms with Crippen molar-refractivity contribution in [3.05, 3.63) is 65.9 Å². The van der Waals surface area contributed by atoms with Crippen molar-refractivity contribution in [3.8, 4) is 22.6 Å². The van der Waals surface area contributed by atoms with Crippen LogP contribution in [0.2, 0.25) is 0 Å². The summed E-state index contributed by atoms with van der Waals surface area (Å²) in [5, 5.41) is 14.9. The van der Waals surface area contributed by atoms with Crippen molar-refractivity contribution >= 4 is 11.6 Å². The maximum Gasteiger partial charge on any atom is 0.416 e. The van der Waals surface area contributed by atoms with Crippen molar-refractivity contribution in [1.29, 1.82) is 0 Å². The zero-order valence-electron chi connectivity index (χ0n) is 15.5. The van der Waals surface area contributed by atoms with Crippen LogP contribution in [0.4, 0.5) is 19.1 Å². The van der Waals surface area contributed by atoms with Gasteiger partial charge in [0.05, 0.1) is 28.8 Å². The van der Waals surface area contributed by atoms with E-state index in [1.165, 1.54) is 24.7 Å². The Bertz CT molecular complexity index is 1250. The molecule has 0 amide bonds. The number of benzene rings is 1. The third kappa shape index (κ3) is 3.40. The monoisotopic (exact) mass is 412 g/mol. The van der Waals surface area contributed by atoms with Gasteiger partial charge in [-0.25, -0.2) is 15.0 Å². The van der Waals surface area contributed by atoms with Crippen molar-refractivity contribution in [2.45, 2.75) is 25.1 Å². The number of fused-ring (bicyclic) bond motifs is 1. The summed E-state index contributed by atoms with van der Waals surface area (Å²) in [4.78, 5) is 13.2. The molecule has 5 rings (SSSR count). The van der Waals surface area contributed by atoms with Gasteiger partial charge >= 0.3 is 6.18 Å². The molecule has 3 heterocycles. The zero-order chi connectivity index (χ0) is 20.9. The number of anilines is 1. The first-order valence-electron chi connectivity index (χ1n) is 9.27. The number of nitrogens with zero attached hydrogens (tertiary/aromatic N) is 5. The number of aromatic nitrogens is 5. The predicted octanol–water partition coefficient (Wildman–Crippen LogP) is 3.68. The lowest BCUT2D eigenvalue weighted by Crippen LogP contribution is -2.24. The third-order valence-electron chi connectivity index (χ3n) is 4.82. The predicted molar refractivity (Wildman–Crippen MR) is 102 cm³/mol. The smallest absolute Gasteiger partial charge is 0.416 e. The molecule has 30 heavy (non-hydrogen) atoms. The molecule has 3 aromatic heterocycles. The van der Waals surface area contributed by atoms with Crippen LogP contribution < -0.4 is 10.0 Å². The van der Waals surface area contributed by atoms with E-state index in [4.69, 9.17) is 0 Å². The fourth-order valence-corrected chi connectivity index (χ4v) is 3.24. The van der Waals surface area contributed by atoms with Crippen LogP contribution in [-0.4, -0.2) is 25.4 Å². The Morgan fingerprint density at radius 3 is 2.77 bits per heavy atom. The second-order valence-electron chi connectivity index (χ2n) is 7.09. The van der Waals surface area contributed by atoms with Crippen LogP contribution in [-0.2, 0) is 6.18 Å². The van der Waals surface area contributed by atoms with E-state index in [0.29, 0.717) is 39.4 Å². The van der Waals surface area contributed by atoms with Crippen LogP contribution in [0.1, 0.15) is 18.4 Å². The van der Waals surface area contributed by atoms with Gasteiger partial charge in [-0.3, -0.25) is 4.40 Å². The quantitative estimate of drug-likeness (QED) is 0.408. The van der Waals surface area contributed by atoms with Crippen molar-refractivity contribution in [1.82, 2.24) is 19.4 Å². The van der Waals surface area contributed by atoms with E-state index < -0.39 is 11.7 Å². The van der Waals surface area contributed by atoms with Gasteiger partial charge in [0.2, 0.25) is 17.8 Å². The molecule has 0 aliphatic heterocycles. The zero-order valence-corrected chi connectivity index (χ0v) is 15.5. The molecule has 7 nitrogen and oxygen atoms in total. The molecule has 0 spiro atoms. The lowest BCUT2D eigenvalue weighted by molar-refractivity contribution is -0.604. The van der Waals surface area contributed by atoms with Gasteiger partial charge in [0.15, 0.2) is 6.20 Å². The summed E-state index contributed by atoms with van der Waals surface area (Å²) in [7, 11) is 0. The van der Waals surface area contributed by atoms with Crippen LogP contribution >= 0.6 is 0 Å². The lowest BCUT2D eigenvalue weighted by Gasteiger charge is -2.10. The minimum Gasteiger partial charge on any atom is -0.619 e. The van der Waals surface area contributed by atoms with E-state index in [1.807, 2.05) is 0 Å². The highest BCUT2D eigenvalue weighted by molar-refractivity contribution is 5.80. The molecule has 0 saturated heterocycles. The molecular weight excluding hydrogens is 397 g/mol. The number of hydrogen-bond donors (Lipinski definition) is 1. The molecule has 0 atom stereocenters. The topological polar surface area (TPSA) is 82.0 Å². The summed E-state index contributed by atoms with van der Waals surface area (Å²) in [6, 6.07) is 6.94. The lowest BCUT2D eigenvalue weighted by atomic mass is 10.1. The molecule has 1 saturated carbocycles. The van der Waals surface area contributed by atoms with Crippen molar-refractivity contribution in [2.75, 3.05) is 5.32 Å². The fourth-order valence-electron chi connectivity index (χ4n) is 3.24. The minimum atomic E-state index is -4.48. The summed E-state index contributed by atoms with van der Waals surface area (Å²) in [6.07, 6.45) is 3.24. The van der Waals surface area contributed by atoms with Gasteiger partial charge in [-0.1, -0.05) is 12.1 Å². The van der Waals surface area contributed by atoms with Gasteiger partial charge in [0.1, 0.15) is 0 Å². The summed E-state index contributed by atoms with van der Waals surface area (Å²) >= 11 is 0. The number of imidazole rings is 1. The Kier molecular flexibility index (Phi) is 4.09. The molecule has 1 aliphatic carbocycles. The highest BCUT2D eigenvalue weighted by Gasteiger charge is 2.31. The number of rotatable bonds is 4. The third-order valence-corrected chi connectivity index (χ3v) is 4.82. The van der Waals surface area contributed by atoms with Crippen molar-refractivity contribution in [3.63, 3.8) is 0 Å². The van der Waals surface area contributed by atoms with Crippen molar-refractivity contribution < 1.29 is 17.9 Å². The van der Waals surface area contributed by atoms with Gasteiger partial charge in [0, 0.05) is 17.8 Å². The van der Waals surface area contributed by atoms with Gasteiger partial charge < -0.3 is 10.5 Å². The fraction of sp³-hybridized carbons (Fsp3) is 0.200. The largest absolute Gasteiger partial charge is 0.619 e. The van der Waals surface area contributed by atoms with E-state index >= 15 is 0 Å². The Balaban J connectivity index is 1.71. The molecule has 152 valence electrons.